The van der Waals surface area contributed by atoms with Gasteiger partial charge in [-0.1, -0.05) is 0 Å². The van der Waals surface area contributed by atoms with E-state index >= 15 is 0 Å². The van der Waals surface area contributed by atoms with Crippen LogP contribution >= 0.6 is 0 Å². The van der Waals surface area contributed by atoms with Crippen molar-refractivity contribution in [2.45, 2.75) is 0 Å². The summed E-state index contributed by atoms with van der Waals surface area (Å²) in [5.74, 6) is 0. The normalized spacial score (nSPS) is 22.6. The molecule has 0 radical (unpaired) electrons. The molecule has 0 fully saturated rings. The molecule has 78 valence electrons. The van der Waals surface area contributed by atoms with Crippen LogP contribution < -0.4 is 0 Å². The molecule has 0 rings (SSSR count). The third-order valence-corrected chi connectivity index (χ3v) is 9.31. The van der Waals surface area contributed by atoms with Crippen molar-refractivity contribution in [3.8, 4) is 28.7 Å². The van der Waals surface area contributed by atoms with Crippen LogP contribution in [0, 0.1) is 60.3 Å². The van der Waals surface area contributed by atoms with Gasteiger partial charge in [-0.15, -0.1) is 0 Å². The molecular formula is C6HN6O3V. The zero-order valence-electron chi connectivity index (χ0n) is 7.39. The summed E-state index contributed by atoms with van der Waals surface area (Å²) < 4.78 is 33.9. The average Bonchev–Trinajstić information content (AvgIpc) is 2.34. The van der Waals surface area contributed by atoms with Crippen LogP contribution in [-0.4, -0.2) is 4.03 Å². The molecule has 0 spiro atoms. The Bertz CT molecular complexity index is 860. The van der Waals surface area contributed by atoms with Crippen LogP contribution in [0.5, 0.6) is 0 Å². The van der Waals surface area contributed by atoms with Gasteiger partial charge in [0.05, 0.1) is 0 Å². The summed E-state index contributed by atoms with van der Waals surface area (Å²) >= 11 is 0. The Kier molecular flexibility index (Phi) is 0.795. The van der Waals surface area contributed by atoms with Crippen LogP contribution in [0.2, 0.25) is 0 Å². The number of rotatable bonds is 0. The van der Waals surface area contributed by atoms with Crippen LogP contribution in [0.4, 0.5) is 0 Å². The van der Waals surface area contributed by atoms with Crippen LogP contribution in [0.3, 0.4) is 0 Å². The van der Waals surface area contributed by atoms with Gasteiger partial charge in [0.2, 0.25) is 0 Å². The zero-order valence-corrected chi connectivity index (χ0v) is 8.79. The minimum atomic E-state index is -11.8. The molecule has 0 atom stereocenters. The Morgan fingerprint density at radius 2 is 0.750 bits per heavy atom. The van der Waals surface area contributed by atoms with Crippen molar-refractivity contribution in [1.29, 1.82) is 31.6 Å². The molecule has 0 aromatic rings. The second kappa shape index (κ2) is 0.972. The number of nitrogens with zero attached hydrogens (tertiary/aromatic N) is 6. The van der Waals surface area contributed by atoms with E-state index in [0.29, 0.717) is 0 Å². The Morgan fingerprint density at radius 1 is 0.625 bits per heavy atom. The number of hydrogen-bond acceptors (Lipinski definition) is 8. The monoisotopic (exact) mass is 256 g/mol. The van der Waals surface area contributed by atoms with E-state index in [1.165, 1.54) is 0 Å². The van der Waals surface area contributed by atoms with E-state index in [1.54, 1.807) is 0 Å². The standard InChI is InChI=1S/6CN.H2O.2O.V/c6*1-2;;;;/h;;;;;;1H2;;;/q;;;;;;;;;+1/p-1. The second-order valence-electron chi connectivity index (χ2n) is 4.21. The van der Waals surface area contributed by atoms with Gasteiger partial charge >= 0.3 is 80.3 Å². The molecule has 16 heavy (non-hydrogen) atoms. The molecule has 0 saturated carbocycles. The Hall–Kier alpha value is -2.92. The van der Waals surface area contributed by atoms with Crippen LogP contribution in [0.1, 0.15) is 0 Å². The molecule has 0 saturated heterocycles. The van der Waals surface area contributed by atoms with Gasteiger partial charge in [0, 0.05) is 0 Å². The molecule has 0 aromatic carbocycles. The Balaban J connectivity index is 9.48. The fourth-order valence-electron chi connectivity index (χ4n) is 0.335. The van der Waals surface area contributed by atoms with E-state index < -0.39 is 8.62 Å². The van der Waals surface area contributed by atoms with Crippen molar-refractivity contribution >= 4 is 0 Å². The molecule has 0 aliphatic carbocycles. The summed E-state index contributed by atoms with van der Waals surface area (Å²) in [5.41, 5.74) is 0. The van der Waals surface area contributed by atoms with Gasteiger partial charge in [0.1, 0.15) is 0 Å². The number of nitriles is 6. The summed E-state index contributed by atoms with van der Waals surface area (Å²) in [4.78, 5) is -1.77. The van der Waals surface area contributed by atoms with E-state index in [-0.39, 0.29) is 28.7 Å². The fourth-order valence-corrected chi connectivity index (χ4v) is 1.38. The summed E-state index contributed by atoms with van der Waals surface area (Å²) in [5, 5.41) is 50.9. The topological polar surface area (TPSA) is 197 Å². The van der Waals surface area contributed by atoms with Crippen molar-refractivity contribution in [3.63, 3.8) is 0 Å². The van der Waals surface area contributed by atoms with E-state index in [2.05, 4.69) is 0 Å². The van der Waals surface area contributed by atoms with Gasteiger partial charge < -0.3 is 0 Å². The molecule has 0 heterocycles. The van der Waals surface area contributed by atoms with Crippen molar-refractivity contribution in [1.82, 2.24) is 0 Å². The molecule has 0 aliphatic rings. The molecule has 0 aliphatic heterocycles. The van der Waals surface area contributed by atoms with E-state index in [0.717, 1.165) is 0 Å². The first kappa shape index (κ1) is 13.1. The van der Waals surface area contributed by atoms with Gasteiger partial charge in [0.15, 0.2) is 0 Å². The molecule has 10 heteroatoms. The van der Waals surface area contributed by atoms with Crippen LogP contribution in [0.15, 0.2) is 0 Å². The second-order valence-corrected chi connectivity index (χ2v) is 17.4. The molecule has 9 nitrogen and oxygen atoms in total. The molecule has 0 aromatic heterocycles. The van der Waals surface area contributed by atoms with Gasteiger partial charge in [-0.25, -0.2) is 0 Å². The molecule has 0 unspecified atom stereocenters. The Labute approximate surface area is 80.7 Å². The molecule has 1 N–H and O–H groups in total. The molecule has 0 bridgehead atoms. The van der Waals surface area contributed by atoms with Gasteiger partial charge in [0.25, 0.3) is 0 Å². The minimum absolute atomic E-state index is 0.295. The summed E-state index contributed by atoms with van der Waals surface area (Å²) in [6.45, 7) is 0. The average molecular weight is 256 g/mol. The van der Waals surface area contributed by atoms with E-state index in [4.69, 9.17) is 31.6 Å². The maximum atomic E-state index is 12.2. The third kappa shape index (κ3) is 0.555. The van der Waals surface area contributed by atoms with Crippen molar-refractivity contribution in [2.24, 2.45) is 0 Å². The molecular weight excluding hydrogens is 255 g/mol. The zero-order chi connectivity index (χ0) is 13.6. The Morgan fingerprint density at radius 3 is 0.750 bits per heavy atom. The molecule has 0 amide bonds. The van der Waals surface area contributed by atoms with Gasteiger partial charge in [-0.05, 0) is 0 Å². The van der Waals surface area contributed by atoms with Crippen LogP contribution in [0.25, 0.3) is 0 Å². The first-order valence-corrected chi connectivity index (χ1v) is 9.20. The first-order chi connectivity index (χ1) is 6.66. The van der Waals surface area contributed by atoms with E-state index in [1.807, 2.05) is 0 Å². The summed E-state index contributed by atoms with van der Waals surface area (Å²) in [7, 11) is -11.8. The summed E-state index contributed by atoms with van der Waals surface area (Å²) in [6, 6.07) is 0. The van der Waals surface area contributed by atoms with Crippen molar-refractivity contribution in [2.75, 3.05) is 0 Å². The fraction of sp³-hybridized carbons (Fsp3) is 0. The SMILES string of the molecule is N#[C][V](=[O])(=[O])([OH])([C]#N)([C]#N)([C]#N)([C]#N)[C]#N. The van der Waals surface area contributed by atoms with Crippen LogP contribution in [-0.2, 0) is 16.0 Å². The maximum absolute atomic E-state index is 12.2. The van der Waals surface area contributed by atoms with Gasteiger partial charge in [-0.3, -0.25) is 0 Å². The number of hydrogen-bond donors (Lipinski definition) is 1. The van der Waals surface area contributed by atoms with Crippen molar-refractivity contribution < 1.29 is 20.0 Å². The first-order valence-electron chi connectivity index (χ1n) is 3.25. The third-order valence-electron chi connectivity index (χ3n) is 2.26. The predicted molar refractivity (Wildman–Crippen MR) is 37.3 cm³/mol. The quantitative estimate of drug-likeness (QED) is 0.581. The van der Waals surface area contributed by atoms with Crippen molar-refractivity contribution in [3.05, 3.63) is 0 Å². The van der Waals surface area contributed by atoms with E-state index in [9.17, 15) is 11.4 Å². The summed E-state index contributed by atoms with van der Waals surface area (Å²) in [6.07, 6.45) is 0. The van der Waals surface area contributed by atoms with Gasteiger partial charge in [-0.2, -0.15) is 0 Å². The predicted octanol–water partition coefficient (Wildman–Crippen LogP) is -0.696.